The van der Waals surface area contributed by atoms with Gasteiger partial charge in [-0.3, -0.25) is 9.59 Å². The monoisotopic (exact) mass is 252 g/mol. The molecule has 1 N–H and O–H groups in total. The number of nitrogens with one attached hydrogen (secondary N) is 1. The highest BCUT2D eigenvalue weighted by Gasteiger charge is 2.30. The van der Waals surface area contributed by atoms with Gasteiger partial charge in [0.05, 0.1) is 6.54 Å². The summed E-state index contributed by atoms with van der Waals surface area (Å²) in [6.07, 6.45) is 6.28. The average molecular weight is 252 g/mol. The first kappa shape index (κ1) is 13.4. The maximum Gasteiger partial charge on any atom is 0.245 e. The highest BCUT2D eigenvalue weighted by atomic mass is 16.2. The minimum absolute atomic E-state index is 0.0286. The molecule has 2 rings (SSSR count). The summed E-state index contributed by atoms with van der Waals surface area (Å²) in [5.41, 5.74) is 0. The third-order valence-corrected chi connectivity index (χ3v) is 4.25. The highest BCUT2D eigenvalue weighted by Crippen LogP contribution is 2.30. The molecule has 0 bridgehead atoms. The second-order valence-electron chi connectivity index (χ2n) is 5.98. The smallest absolute Gasteiger partial charge is 0.245 e. The van der Waals surface area contributed by atoms with Gasteiger partial charge in [-0.25, -0.2) is 0 Å². The maximum absolute atomic E-state index is 11.9. The van der Waals surface area contributed by atoms with Crippen LogP contribution >= 0.6 is 0 Å². The van der Waals surface area contributed by atoms with E-state index in [0.717, 1.165) is 24.8 Å². The summed E-state index contributed by atoms with van der Waals surface area (Å²) in [5.74, 6) is 1.60. The number of carbonyl (C=O) groups is 2. The van der Waals surface area contributed by atoms with Crippen LogP contribution in [-0.4, -0.2) is 35.8 Å². The molecule has 0 aromatic rings. The summed E-state index contributed by atoms with van der Waals surface area (Å²) >= 11 is 0. The molecule has 1 aliphatic carbocycles. The molecule has 4 heteroatoms. The second kappa shape index (κ2) is 5.72. The molecule has 2 aliphatic rings. The molecular formula is C14H24N2O2. The molecule has 1 saturated heterocycles. The van der Waals surface area contributed by atoms with Crippen LogP contribution in [0.3, 0.4) is 0 Å². The van der Waals surface area contributed by atoms with Gasteiger partial charge in [-0.1, -0.05) is 26.2 Å². The van der Waals surface area contributed by atoms with Crippen LogP contribution < -0.4 is 5.32 Å². The van der Waals surface area contributed by atoms with Crippen LogP contribution in [0.25, 0.3) is 0 Å². The lowest BCUT2D eigenvalue weighted by Crippen LogP contribution is -2.57. The molecule has 0 aromatic heterocycles. The molecule has 102 valence electrons. The Morgan fingerprint density at radius 2 is 2.06 bits per heavy atom. The molecule has 1 heterocycles. The van der Waals surface area contributed by atoms with Gasteiger partial charge >= 0.3 is 0 Å². The Labute approximate surface area is 109 Å². The number of carbonyl (C=O) groups excluding carboxylic acids is 2. The van der Waals surface area contributed by atoms with Gasteiger partial charge in [-0.2, -0.15) is 0 Å². The quantitative estimate of drug-likeness (QED) is 0.828. The number of nitrogens with zero attached hydrogens (tertiary/aromatic N) is 1. The van der Waals surface area contributed by atoms with E-state index in [1.165, 1.54) is 25.7 Å². The van der Waals surface area contributed by atoms with Gasteiger partial charge in [-0.15, -0.1) is 0 Å². The second-order valence-corrected chi connectivity index (χ2v) is 5.98. The molecule has 3 atom stereocenters. The van der Waals surface area contributed by atoms with Gasteiger partial charge < -0.3 is 10.2 Å². The van der Waals surface area contributed by atoms with E-state index in [2.05, 4.69) is 12.2 Å². The predicted molar refractivity (Wildman–Crippen MR) is 69.9 cm³/mol. The van der Waals surface area contributed by atoms with Crippen molar-refractivity contribution in [2.24, 2.45) is 11.8 Å². The lowest BCUT2D eigenvalue weighted by atomic mass is 9.81. The number of hydrogen-bond acceptors (Lipinski definition) is 2. The van der Waals surface area contributed by atoms with Crippen molar-refractivity contribution in [3.8, 4) is 0 Å². The topological polar surface area (TPSA) is 49.4 Å². The van der Waals surface area contributed by atoms with Crippen LogP contribution in [0.4, 0.5) is 0 Å². The molecule has 3 unspecified atom stereocenters. The third-order valence-electron chi connectivity index (χ3n) is 4.25. The van der Waals surface area contributed by atoms with Gasteiger partial charge in [0, 0.05) is 6.54 Å². The zero-order valence-corrected chi connectivity index (χ0v) is 11.4. The van der Waals surface area contributed by atoms with Gasteiger partial charge in [0.2, 0.25) is 11.8 Å². The zero-order valence-electron chi connectivity index (χ0n) is 11.4. The molecule has 18 heavy (non-hydrogen) atoms. The first-order valence-corrected chi connectivity index (χ1v) is 7.14. The SMILES string of the molecule is CC1CCCC(CCN2CC(=O)NC(C)C2=O)C1. The Morgan fingerprint density at radius 1 is 1.28 bits per heavy atom. The molecule has 0 aromatic carbocycles. The lowest BCUT2D eigenvalue weighted by Gasteiger charge is -2.33. The fourth-order valence-electron chi connectivity index (χ4n) is 3.22. The van der Waals surface area contributed by atoms with Crippen molar-refractivity contribution in [2.45, 2.75) is 52.0 Å². The van der Waals surface area contributed by atoms with Crippen molar-refractivity contribution in [2.75, 3.05) is 13.1 Å². The average Bonchev–Trinajstić information content (AvgIpc) is 2.32. The van der Waals surface area contributed by atoms with E-state index in [-0.39, 0.29) is 24.4 Å². The standard InChI is InChI=1S/C14H24N2O2/c1-10-4-3-5-12(8-10)6-7-16-9-13(17)15-11(2)14(16)18/h10-12H,3-9H2,1-2H3,(H,15,17). The summed E-state index contributed by atoms with van der Waals surface area (Å²) in [6.45, 7) is 5.06. The van der Waals surface area contributed by atoms with Crippen LogP contribution in [-0.2, 0) is 9.59 Å². The molecule has 2 amide bonds. The van der Waals surface area contributed by atoms with Crippen molar-refractivity contribution < 1.29 is 9.59 Å². The van der Waals surface area contributed by atoms with Crippen molar-refractivity contribution in [1.82, 2.24) is 10.2 Å². The van der Waals surface area contributed by atoms with Crippen molar-refractivity contribution >= 4 is 11.8 Å². The Balaban J connectivity index is 1.81. The Hall–Kier alpha value is -1.06. The largest absolute Gasteiger partial charge is 0.343 e. The molecule has 2 fully saturated rings. The third kappa shape index (κ3) is 3.24. The number of piperazine rings is 1. The van der Waals surface area contributed by atoms with Gasteiger partial charge in [-0.05, 0) is 31.6 Å². The lowest BCUT2D eigenvalue weighted by molar-refractivity contribution is -0.143. The Morgan fingerprint density at radius 3 is 2.78 bits per heavy atom. The van der Waals surface area contributed by atoms with Crippen molar-refractivity contribution in [3.63, 3.8) is 0 Å². The van der Waals surface area contributed by atoms with Crippen LogP contribution in [0.2, 0.25) is 0 Å². The van der Waals surface area contributed by atoms with E-state index in [0.29, 0.717) is 0 Å². The number of rotatable bonds is 3. The highest BCUT2D eigenvalue weighted by molar-refractivity contribution is 5.94. The molecule has 1 aliphatic heterocycles. The van der Waals surface area contributed by atoms with E-state index in [9.17, 15) is 9.59 Å². The zero-order chi connectivity index (χ0) is 13.1. The summed E-state index contributed by atoms with van der Waals surface area (Å²) in [5, 5.41) is 2.67. The van der Waals surface area contributed by atoms with E-state index in [1.807, 2.05) is 0 Å². The van der Waals surface area contributed by atoms with Crippen LogP contribution in [0.5, 0.6) is 0 Å². The summed E-state index contributed by atoms with van der Waals surface area (Å²) in [6, 6.07) is -0.350. The summed E-state index contributed by atoms with van der Waals surface area (Å²) in [4.78, 5) is 25.1. The van der Waals surface area contributed by atoms with E-state index < -0.39 is 0 Å². The minimum Gasteiger partial charge on any atom is -0.343 e. The maximum atomic E-state index is 11.9. The van der Waals surface area contributed by atoms with Gasteiger partial charge in [0.1, 0.15) is 6.04 Å². The normalized spacial score (nSPS) is 33.4. The van der Waals surface area contributed by atoms with Crippen LogP contribution in [0.15, 0.2) is 0 Å². The van der Waals surface area contributed by atoms with Crippen LogP contribution in [0.1, 0.15) is 46.0 Å². The predicted octanol–water partition coefficient (Wildman–Crippen LogP) is 1.55. The number of hydrogen-bond donors (Lipinski definition) is 1. The molecule has 1 saturated carbocycles. The molecule has 4 nitrogen and oxygen atoms in total. The Kier molecular flexibility index (Phi) is 4.25. The van der Waals surface area contributed by atoms with E-state index in [1.54, 1.807) is 11.8 Å². The first-order valence-electron chi connectivity index (χ1n) is 7.14. The molecule has 0 radical (unpaired) electrons. The molecule has 0 spiro atoms. The van der Waals surface area contributed by atoms with Gasteiger partial charge in [0.25, 0.3) is 0 Å². The Bertz CT molecular complexity index is 330. The summed E-state index contributed by atoms with van der Waals surface area (Å²) in [7, 11) is 0. The van der Waals surface area contributed by atoms with Crippen molar-refractivity contribution in [1.29, 1.82) is 0 Å². The molecular weight excluding hydrogens is 228 g/mol. The van der Waals surface area contributed by atoms with Crippen molar-refractivity contribution in [3.05, 3.63) is 0 Å². The fraction of sp³-hybridized carbons (Fsp3) is 0.857. The number of amides is 2. The first-order chi connectivity index (χ1) is 8.56. The van der Waals surface area contributed by atoms with E-state index >= 15 is 0 Å². The van der Waals surface area contributed by atoms with Crippen LogP contribution in [0, 0.1) is 11.8 Å². The van der Waals surface area contributed by atoms with Gasteiger partial charge in [0.15, 0.2) is 0 Å². The fourth-order valence-corrected chi connectivity index (χ4v) is 3.22. The minimum atomic E-state index is -0.350. The summed E-state index contributed by atoms with van der Waals surface area (Å²) < 4.78 is 0. The van der Waals surface area contributed by atoms with E-state index in [4.69, 9.17) is 0 Å².